The number of pyridine rings is 2. The third kappa shape index (κ3) is 3.35. The molecule has 0 unspecified atom stereocenters. The molecule has 1 N–H and O–H groups in total. The minimum Gasteiger partial charge on any atom is -0.496 e. The number of hydrogen-bond acceptors (Lipinski definition) is 5. The average Bonchev–Trinajstić information content (AvgIpc) is 3.58. The number of aromatic amines is 1. The predicted octanol–water partition coefficient (Wildman–Crippen LogP) is 3.94. The lowest BCUT2D eigenvalue weighted by Gasteiger charge is -2.37. The number of nitrogens with one attached hydrogen (secondary N) is 1. The minimum absolute atomic E-state index is 0.119. The summed E-state index contributed by atoms with van der Waals surface area (Å²) in [7, 11) is 3.39. The van der Waals surface area contributed by atoms with E-state index in [1.54, 1.807) is 26.6 Å². The molecule has 1 saturated heterocycles. The van der Waals surface area contributed by atoms with Gasteiger partial charge in [-0.05, 0) is 47.9 Å². The number of likely N-dealkylation sites (tertiary alicyclic amines) is 1. The molecule has 3 aromatic rings. The van der Waals surface area contributed by atoms with Crippen LogP contribution in [0.5, 0.6) is 11.5 Å². The van der Waals surface area contributed by atoms with E-state index in [0.29, 0.717) is 11.3 Å². The zero-order valence-corrected chi connectivity index (χ0v) is 17.7. The number of benzene rings is 1. The van der Waals surface area contributed by atoms with Gasteiger partial charge in [0.15, 0.2) is 0 Å². The van der Waals surface area contributed by atoms with Crippen LogP contribution in [0.25, 0.3) is 21.9 Å². The molecule has 0 bridgehead atoms. The largest absolute Gasteiger partial charge is 0.496 e. The number of hydrogen-bond donors (Lipinski definition) is 1. The van der Waals surface area contributed by atoms with E-state index in [1.165, 1.54) is 12.8 Å². The Morgan fingerprint density at radius 3 is 2.40 bits per heavy atom. The highest BCUT2D eigenvalue weighted by Crippen LogP contribution is 2.42. The molecule has 6 nitrogen and oxygen atoms in total. The fraction of sp³-hybridized carbons (Fsp3) is 0.417. The lowest BCUT2D eigenvalue weighted by Crippen LogP contribution is -2.44. The van der Waals surface area contributed by atoms with E-state index in [0.717, 1.165) is 64.8 Å². The van der Waals surface area contributed by atoms with E-state index in [9.17, 15) is 4.79 Å². The summed E-state index contributed by atoms with van der Waals surface area (Å²) in [5.74, 6) is 2.87. The molecule has 30 heavy (non-hydrogen) atoms. The number of ether oxygens (including phenoxy) is 2. The van der Waals surface area contributed by atoms with Crippen LogP contribution < -0.4 is 15.0 Å². The molecule has 1 aliphatic carbocycles. The van der Waals surface area contributed by atoms with E-state index in [2.05, 4.69) is 27.9 Å². The maximum absolute atomic E-state index is 12.4. The zero-order chi connectivity index (χ0) is 20.8. The first-order chi connectivity index (χ1) is 14.6. The molecule has 2 aromatic heterocycles. The van der Waals surface area contributed by atoms with Gasteiger partial charge < -0.3 is 14.5 Å². The van der Waals surface area contributed by atoms with Crippen molar-refractivity contribution in [2.45, 2.75) is 32.2 Å². The highest BCUT2D eigenvalue weighted by Gasteiger charge is 2.27. The fourth-order valence-corrected chi connectivity index (χ4v) is 4.49. The Morgan fingerprint density at radius 1 is 1.10 bits per heavy atom. The van der Waals surface area contributed by atoms with Crippen LogP contribution in [0, 0.1) is 5.92 Å². The normalized spacial score (nSPS) is 17.2. The van der Waals surface area contributed by atoms with Crippen LogP contribution >= 0.6 is 0 Å². The number of H-pyrrole nitrogens is 1. The van der Waals surface area contributed by atoms with Crippen LogP contribution in [-0.2, 0) is 6.54 Å². The fourth-order valence-electron chi connectivity index (χ4n) is 4.49. The van der Waals surface area contributed by atoms with Gasteiger partial charge in [0.25, 0.3) is 5.56 Å². The molecule has 1 aromatic carbocycles. The second-order valence-electron chi connectivity index (χ2n) is 8.62. The zero-order valence-electron chi connectivity index (χ0n) is 17.7. The van der Waals surface area contributed by atoms with Crippen LogP contribution in [0.15, 0.2) is 35.4 Å². The first kappa shape index (κ1) is 19.1. The standard InChI is InChI=1S/C24H27N3O3/c1-14-11-27(12-14)13-20-22(29-2)6-16(7-23(20)30-3)18-9-26-24(28)19-10-25-21(8-17(18)19)15-4-5-15/h6-10,14-15H,4-5,11-13H2,1-3H3,(H,26,28). The molecule has 0 spiro atoms. The molecule has 5 rings (SSSR count). The minimum atomic E-state index is -0.119. The van der Waals surface area contributed by atoms with Crippen molar-refractivity contribution in [2.24, 2.45) is 5.92 Å². The molecule has 2 fully saturated rings. The quantitative estimate of drug-likeness (QED) is 0.673. The van der Waals surface area contributed by atoms with Gasteiger partial charge >= 0.3 is 0 Å². The third-order valence-electron chi connectivity index (χ3n) is 6.24. The summed E-state index contributed by atoms with van der Waals surface area (Å²) in [5.41, 5.74) is 3.92. The van der Waals surface area contributed by atoms with E-state index in [4.69, 9.17) is 9.47 Å². The van der Waals surface area contributed by atoms with Gasteiger partial charge in [0.2, 0.25) is 0 Å². The van der Waals surface area contributed by atoms with Gasteiger partial charge in [0.1, 0.15) is 11.5 Å². The number of aromatic nitrogens is 2. The Labute approximate surface area is 175 Å². The van der Waals surface area contributed by atoms with Crippen molar-refractivity contribution in [3.8, 4) is 22.6 Å². The molecule has 156 valence electrons. The summed E-state index contributed by atoms with van der Waals surface area (Å²) in [6.45, 7) is 5.25. The lowest BCUT2D eigenvalue weighted by molar-refractivity contribution is 0.103. The second kappa shape index (κ2) is 7.43. The number of fused-ring (bicyclic) bond motifs is 1. The SMILES string of the molecule is COc1cc(-c2c[nH]c(=O)c3cnc(C4CC4)cc23)cc(OC)c1CN1CC(C)C1. The molecule has 0 amide bonds. The summed E-state index contributed by atoms with van der Waals surface area (Å²) < 4.78 is 11.5. The lowest BCUT2D eigenvalue weighted by atomic mass is 9.97. The summed E-state index contributed by atoms with van der Waals surface area (Å²) in [5, 5.41) is 1.53. The number of rotatable bonds is 6. The van der Waals surface area contributed by atoms with Gasteiger partial charge in [-0.15, -0.1) is 0 Å². The van der Waals surface area contributed by atoms with E-state index >= 15 is 0 Å². The molecule has 0 atom stereocenters. The van der Waals surface area contributed by atoms with E-state index in [1.807, 2.05) is 12.1 Å². The third-order valence-corrected chi connectivity index (χ3v) is 6.24. The number of nitrogens with zero attached hydrogens (tertiary/aromatic N) is 2. The molecular weight excluding hydrogens is 378 g/mol. The Kier molecular flexibility index (Phi) is 4.74. The van der Waals surface area contributed by atoms with Gasteiger partial charge in [-0.2, -0.15) is 0 Å². The highest BCUT2D eigenvalue weighted by atomic mass is 16.5. The van der Waals surface area contributed by atoms with Gasteiger partial charge in [0, 0.05) is 49.2 Å². The second-order valence-corrected chi connectivity index (χ2v) is 8.62. The van der Waals surface area contributed by atoms with Crippen molar-refractivity contribution in [1.29, 1.82) is 0 Å². The Hall–Kier alpha value is -2.86. The van der Waals surface area contributed by atoms with Crippen molar-refractivity contribution in [2.75, 3.05) is 27.3 Å². The molecule has 1 saturated carbocycles. The van der Waals surface area contributed by atoms with Gasteiger partial charge in [-0.25, -0.2) is 0 Å². The van der Waals surface area contributed by atoms with Gasteiger partial charge in [-0.1, -0.05) is 6.92 Å². The van der Waals surface area contributed by atoms with Crippen LogP contribution in [0.3, 0.4) is 0 Å². The van der Waals surface area contributed by atoms with E-state index in [-0.39, 0.29) is 5.56 Å². The van der Waals surface area contributed by atoms with Crippen LogP contribution in [0.4, 0.5) is 0 Å². The summed E-state index contributed by atoms with van der Waals surface area (Å²) in [4.78, 5) is 22.2. The predicted molar refractivity (Wildman–Crippen MR) is 117 cm³/mol. The number of methoxy groups -OCH3 is 2. The van der Waals surface area contributed by atoms with Crippen LogP contribution in [0.2, 0.25) is 0 Å². The molecule has 0 radical (unpaired) electrons. The molecular formula is C24H27N3O3. The van der Waals surface area contributed by atoms with Gasteiger partial charge in [0.05, 0.1) is 25.2 Å². The van der Waals surface area contributed by atoms with Crippen molar-refractivity contribution in [3.63, 3.8) is 0 Å². The average molecular weight is 405 g/mol. The Morgan fingerprint density at radius 2 is 1.80 bits per heavy atom. The smallest absolute Gasteiger partial charge is 0.257 e. The molecule has 3 heterocycles. The van der Waals surface area contributed by atoms with Crippen molar-refractivity contribution < 1.29 is 9.47 Å². The summed E-state index contributed by atoms with van der Waals surface area (Å²) in [6, 6.07) is 6.17. The van der Waals surface area contributed by atoms with Crippen molar-refractivity contribution >= 4 is 10.8 Å². The molecule has 2 aliphatic rings. The van der Waals surface area contributed by atoms with Crippen molar-refractivity contribution in [3.05, 3.63) is 52.2 Å². The topological polar surface area (TPSA) is 67.5 Å². The van der Waals surface area contributed by atoms with E-state index < -0.39 is 0 Å². The first-order valence-corrected chi connectivity index (χ1v) is 10.6. The summed E-state index contributed by atoms with van der Waals surface area (Å²) >= 11 is 0. The molecule has 1 aliphatic heterocycles. The Balaban J connectivity index is 1.63. The monoisotopic (exact) mass is 405 g/mol. The van der Waals surface area contributed by atoms with Crippen molar-refractivity contribution in [1.82, 2.24) is 14.9 Å². The van der Waals surface area contributed by atoms with Gasteiger partial charge in [-0.3, -0.25) is 14.7 Å². The maximum atomic E-state index is 12.4. The first-order valence-electron chi connectivity index (χ1n) is 10.6. The summed E-state index contributed by atoms with van der Waals surface area (Å²) in [6.07, 6.45) is 5.83. The Bertz CT molecular complexity index is 1140. The highest BCUT2D eigenvalue weighted by molar-refractivity contribution is 5.96. The van der Waals surface area contributed by atoms with Crippen LogP contribution in [-0.4, -0.2) is 42.2 Å². The molecule has 6 heteroatoms. The van der Waals surface area contributed by atoms with Crippen LogP contribution in [0.1, 0.15) is 36.9 Å². The maximum Gasteiger partial charge on any atom is 0.257 e.